The van der Waals surface area contributed by atoms with E-state index in [1.165, 1.54) is 25.3 Å². The first-order chi connectivity index (χ1) is 12.5. The molecule has 1 unspecified atom stereocenters. The van der Waals surface area contributed by atoms with E-state index in [1.54, 1.807) is 0 Å². The Kier molecular flexibility index (Phi) is 5.17. The molecule has 0 saturated carbocycles. The SMILES string of the molecule is COc1ccc(NC(=O)C2CC(c3cccc(Br)c3)=NO2)c([N+](=O)[O-])c1. The molecule has 8 nitrogen and oxygen atoms in total. The number of hydrogen-bond acceptors (Lipinski definition) is 6. The van der Waals surface area contributed by atoms with Crippen LogP contribution in [0.5, 0.6) is 5.75 Å². The van der Waals surface area contributed by atoms with Crippen molar-refractivity contribution < 1.29 is 19.3 Å². The van der Waals surface area contributed by atoms with Gasteiger partial charge in [-0.3, -0.25) is 14.9 Å². The number of nitrogens with zero attached hydrogens (tertiary/aromatic N) is 2. The summed E-state index contributed by atoms with van der Waals surface area (Å²) in [7, 11) is 1.41. The van der Waals surface area contributed by atoms with E-state index in [2.05, 4.69) is 26.4 Å². The fourth-order valence-corrected chi connectivity index (χ4v) is 2.86. The van der Waals surface area contributed by atoms with Crippen molar-refractivity contribution in [1.29, 1.82) is 0 Å². The first-order valence-electron chi connectivity index (χ1n) is 7.60. The summed E-state index contributed by atoms with van der Waals surface area (Å²) in [5, 5.41) is 17.7. The monoisotopic (exact) mass is 419 g/mol. The molecule has 1 aliphatic rings. The maximum Gasteiger partial charge on any atom is 0.296 e. The Morgan fingerprint density at radius 3 is 2.88 bits per heavy atom. The van der Waals surface area contributed by atoms with Crippen LogP contribution >= 0.6 is 15.9 Å². The lowest BCUT2D eigenvalue weighted by Gasteiger charge is -2.10. The molecule has 134 valence electrons. The van der Waals surface area contributed by atoms with Crippen LogP contribution in [0.25, 0.3) is 0 Å². The van der Waals surface area contributed by atoms with E-state index >= 15 is 0 Å². The predicted molar refractivity (Wildman–Crippen MR) is 98.4 cm³/mol. The predicted octanol–water partition coefficient (Wildman–Crippen LogP) is 3.50. The van der Waals surface area contributed by atoms with E-state index in [9.17, 15) is 14.9 Å². The number of nitrogens with one attached hydrogen (secondary N) is 1. The molecule has 2 aromatic rings. The fourth-order valence-electron chi connectivity index (χ4n) is 2.46. The molecule has 1 aliphatic heterocycles. The highest BCUT2D eigenvalue weighted by atomic mass is 79.9. The standard InChI is InChI=1S/C17H14BrN3O5/c1-25-12-5-6-13(15(8-12)21(23)24)19-17(22)16-9-14(20-26-16)10-3-2-4-11(18)7-10/h2-8,16H,9H2,1H3,(H,19,22). The number of ether oxygens (including phenoxy) is 1. The molecule has 0 aliphatic carbocycles. The quantitative estimate of drug-likeness (QED) is 0.589. The van der Waals surface area contributed by atoms with Crippen molar-refractivity contribution in [3.63, 3.8) is 0 Å². The zero-order valence-corrected chi connectivity index (χ0v) is 15.2. The summed E-state index contributed by atoms with van der Waals surface area (Å²) in [5.74, 6) is -0.181. The van der Waals surface area contributed by atoms with Gasteiger partial charge >= 0.3 is 0 Å². The summed E-state index contributed by atoms with van der Waals surface area (Å²) in [5.41, 5.74) is 1.28. The number of rotatable bonds is 5. The van der Waals surface area contributed by atoms with Crippen molar-refractivity contribution in [3.05, 3.63) is 62.6 Å². The lowest BCUT2D eigenvalue weighted by atomic mass is 10.0. The molecule has 1 N–H and O–H groups in total. The number of methoxy groups -OCH3 is 1. The summed E-state index contributed by atoms with van der Waals surface area (Å²) in [6.45, 7) is 0. The molecular formula is C17H14BrN3O5. The Morgan fingerprint density at radius 1 is 1.38 bits per heavy atom. The molecule has 1 atom stereocenters. The van der Waals surface area contributed by atoms with Crippen molar-refractivity contribution in [3.8, 4) is 5.75 Å². The number of benzene rings is 2. The number of oxime groups is 1. The van der Waals surface area contributed by atoms with Gasteiger partial charge in [-0.05, 0) is 24.3 Å². The Hall–Kier alpha value is -2.94. The van der Waals surface area contributed by atoms with E-state index < -0.39 is 16.9 Å². The first kappa shape index (κ1) is 17.9. The van der Waals surface area contributed by atoms with Gasteiger partial charge in [0.25, 0.3) is 11.6 Å². The Labute approximate surface area is 157 Å². The topological polar surface area (TPSA) is 103 Å². The van der Waals surface area contributed by atoms with Crippen LogP contribution in [0.2, 0.25) is 0 Å². The first-order valence-corrected chi connectivity index (χ1v) is 8.39. The number of hydrogen-bond donors (Lipinski definition) is 1. The lowest BCUT2D eigenvalue weighted by molar-refractivity contribution is -0.384. The van der Waals surface area contributed by atoms with Crippen molar-refractivity contribution >= 4 is 38.9 Å². The molecule has 1 heterocycles. The summed E-state index contributed by atoms with van der Waals surface area (Å²) in [4.78, 5) is 28.2. The van der Waals surface area contributed by atoms with Crippen LogP contribution in [0.1, 0.15) is 12.0 Å². The molecule has 0 spiro atoms. The molecule has 3 rings (SSSR count). The Bertz CT molecular complexity index is 900. The van der Waals surface area contributed by atoms with Gasteiger partial charge < -0.3 is 14.9 Å². The molecule has 2 aromatic carbocycles. The summed E-state index contributed by atoms with van der Waals surface area (Å²) in [6, 6.07) is 11.7. The Balaban J connectivity index is 1.71. The van der Waals surface area contributed by atoms with Gasteiger partial charge in [0, 0.05) is 16.5 Å². The minimum absolute atomic E-state index is 0.0697. The van der Waals surface area contributed by atoms with Crippen molar-refractivity contribution in [2.24, 2.45) is 5.16 Å². The lowest BCUT2D eigenvalue weighted by Crippen LogP contribution is -2.28. The molecule has 0 bridgehead atoms. The molecule has 0 fully saturated rings. The van der Waals surface area contributed by atoms with Crippen molar-refractivity contribution in [1.82, 2.24) is 0 Å². The van der Waals surface area contributed by atoms with E-state index in [0.29, 0.717) is 11.5 Å². The van der Waals surface area contributed by atoms with Crippen molar-refractivity contribution in [2.75, 3.05) is 12.4 Å². The fraction of sp³-hybridized carbons (Fsp3) is 0.176. The Morgan fingerprint density at radius 2 is 2.19 bits per heavy atom. The van der Waals surface area contributed by atoms with E-state index in [1.807, 2.05) is 24.3 Å². The number of nitro benzene ring substituents is 1. The van der Waals surface area contributed by atoms with Crippen molar-refractivity contribution in [2.45, 2.75) is 12.5 Å². The van der Waals surface area contributed by atoms with E-state index in [-0.39, 0.29) is 17.8 Å². The van der Waals surface area contributed by atoms with Gasteiger partial charge in [-0.2, -0.15) is 0 Å². The number of nitro groups is 1. The minimum Gasteiger partial charge on any atom is -0.496 e. The average molecular weight is 420 g/mol. The van der Waals surface area contributed by atoms with Gasteiger partial charge in [0.1, 0.15) is 11.4 Å². The van der Waals surface area contributed by atoms with Crippen LogP contribution in [0.15, 0.2) is 52.1 Å². The maximum absolute atomic E-state index is 12.4. The third kappa shape index (κ3) is 3.83. The van der Waals surface area contributed by atoms with Gasteiger partial charge in [0.15, 0.2) is 0 Å². The second-order valence-electron chi connectivity index (χ2n) is 5.48. The molecule has 26 heavy (non-hydrogen) atoms. The summed E-state index contributed by atoms with van der Waals surface area (Å²) < 4.78 is 5.86. The van der Waals surface area contributed by atoms with Gasteiger partial charge in [0.2, 0.25) is 6.10 Å². The molecular weight excluding hydrogens is 406 g/mol. The van der Waals surface area contributed by atoms with Crippen LogP contribution in [-0.2, 0) is 9.63 Å². The highest BCUT2D eigenvalue weighted by molar-refractivity contribution is 9.10. The van der Waals surface area contributed by atoms with Crippen LogP contribution in [-0.4, -0.2) is 29.8 Å². The van der Waals surface area contributed by atoms with Gasteiger partial charge in [-0.25, -0.2) is 0 Å². The smallest absolute Gasteiger partial charge is 0.296 e. The number of anilines is 1. The van der Waals surface area contributed by atoms with Gasteiger partial charge in [-0.1, -0.05) is 33.2 Å². The number of amides is 1. The van der Waals surface area contributed by atoms with E-state index in [4.69, 9.17) is 9.57 Å². The third-order valence-electron chi connectivity index (χ3n) is 3.78. The highest BCUT2D eigenvalue weighted by Crippen LogP contribution is 2.30. The number of carbonyl (C=O) groups is 1. The van der Waals surface area contributed by atoms with E-state index in [0.717, 1.165) is 10.0 Å². The highest BCUT2D eigenvalue weighted by Gasteiger charge is 2.30. The molecule has 0 radical (unpaired) electrons. The van der Waals surface area contributed by atoms with Gasteiger partial charge in [0.05, 0.1) is 23.8 Å². The largest absolute Gasteiger partial charge is 0.496 e. The number of halogens is 1. The normalized spacial score (nSPS) is 15.8. The summed E-state index contributed by atoms with van der Waals surface area (Å²) >= 11 is 3.38. The van der Waals surface area contributed by atoms with Crippen LogP contribution in [0.4, 0.5) is 11.4 Å². The molecule has 0 aromatic heterocycles. The minimum atomic E-state index is -0.856. The van der Waals surface area contributed by atoms with Gasteiger partial charge in [-0.15, -0.1) is 0 Å². The average Bonchev–Trinajstić information content (AvgIpc) is 3.12. The second kappa shape index (κ2) is 7.52. The molecule has 0 saturated heterocycles. The van der Waals surface area contributed by atoms with Crippen LogP contribution in [0, 0.1) is 10.1 Å². The maximum atomic E-state index is 12.4. The summed E-state index contributed by atoms with van der Waals surface area (Å²) in [6.07, 6.45) is -0.586. The van der Waals surface area contributed by atoms with Crippen LogP contribution in [0.3, 0.4) is 0 Å². The van der Waals surface area contributed by atoms with Crippen LogP contribution < -0.4 is 10.1 Å². The molecule has 1 amide bonds. The number of carbonyl (C=O) groups excluding carboxylic acids is 1. The second-order valence-corrected chi connectivity index (χ2v) is 6.39. The zero-order valence-electron chi connectivity index (χ0n) is 13.6. The molecule has 9 heteroatoms. The zero-order chi connectivity index (χ0) is 18.7. The third-order valence-corrected chi connectivity index (χ3v) is 4.27.